The zero-order valence-corrected chi connectivity index (χ0v) is 24.7. The summed E-state index contributed by atoms with van der Waals surface area (Å²) in [6, 6.07) is 3.56. The molecule has 0 bridgehead atoms. The molecule has 12 nitrogen and oxygen atoms in total. The molecule has 1 aliphatic heterocycles. The number of carbonyl (C=O) groups is 1. The van der Waals surface area contributed by atoms with Crippen molar-refractivity contribution in [1.82, 2.24) is 34.5 Å². The summed E-state index contributed by atoms with van der Waals surface area (Å²) in [4.78, 5) is 16.9. The molecule has 1 aliphatic carbocycles. The maximum Gasteiger partial charge on any atom is 0.408 e. The minimum atomic E-state index is -4.75. The molecule has 1 N–H and O–H groups in total. The first-order valence-electron chi connectivity index (χ1n) is 13.0. The SMILES string of the molecule is C[C@@H]1CN(c2cc(S(=O)(=O)NC3(C#N)CC3)cc3c(-c4nnc(C(F)F)s4)nn(CC(F)(F)F)c23)CCN1C(=O)N(C)C. The normalized spacial score (nSPS) is 18.7. The van der Waals surface area contributed by atoms with Crippen LogP contribution >= 0.6 is 11.3 Å². The predicted molar refractivity (Wildman–Crippen MR) is 145 cm³/mol. The van der Waals surface area contributed by atoms with Crippen molar-refractivity contribution in [3.8, 4) is 16.8 Å². The van der Waals surface area contributed by atoms with Crippen molar-refractivity contribution in [2.75, 3.05) is 38.6 Å². The smallest absolute Gasteiger partial charge is 0.366 e. The van der Waals surface area contributed by atoms with Gasteiger partial charge in [-0.05, 0) is 31.9 Å². The highest BCUT2D eigenvalue weighted by molar-refractivity contribution is 7.89. The molecule has 43 heavy (non-hydrogen) atoms. The average molecular weight is 648 g/mol. The number of fused-ring (bicyclic) bond motifs is 1. The quantitative estimate of drug-likeness (QED) is 0.384. The second-order valence-electron chi connectivity index (χ2n) is 10.7. The highest BCUT2D eigenvalue weighted by atomic mass is 32.2. The summed E-state index contributed by atoms with van der Waals surface area (Å²) >= 11 is 0.425. The number of urea groups is 1. The maximum atomic E-state index is 13.8. The van der Waals surface area contributed by atoms with Gasteiger partial charge in [-0.15, -0.1) is 10.2 Å². The number of aromatic nitrogens is 4. The fourth-order valence-electron chi connectivity index (χ4n) is 4.92. The second-order valence-corrected chi connectivity index (χ2v) is 13.4. The molecule has 1 saturated heterocycles. The van der Waals surface area contributed by atoms with Crippen LogP contribution in [0.25, 0.3) is 21.6 Å². The topological polar surface area (TPSA) is 140 Å². The van der Waals surface area contributed by atoms with Gasteiger partial charge >= 0.3 is 12.2 Å². The monoisotopic (exact) mass is 647 g/mol. The summed E-state index contributed by atoms with van der Waals surface area (Å²) < 4.78 is 98.0. The predicted octanol–water partition coefficient (Wildman–Crippen LogP) is 3.58. The van der Waals surface area contributed by atoms with E-state index in [4.69, 9.17) is 0 Å². The van der Waals surface area contributed by atoms with Crippen LogP contribution in [0.3, 0.4) is 0 Å². The van der Waals surface area contributed by atoms with Crippen molar-refractivity contribution in [3.63, 3.8) is 0 Å². The Labute approximate surface area is 246 Å². The van der Waals surface area contributed by atoms with E-state index in [0.29, 0.717) is 16.0 Å². The number of nitriles is 1. The van der Waals surface area contributed by atoms with Gasteiger partial charge in [0.2, 0.25) is 10.0 Å². The molecule has 2 aromatic heterocycles. The molecule has 3 aromatic rings. The number of hydrogen-bond donors (Lipinski definition) is 1. The molecule has 232 valence electrons. The second kappa shape index (κ2) is 10.8. The van der Waals surface area contributed by atoms with Crippen molar-refractivity contribution in [2.24, 2.45) is 0 Å². The number of halogens is 5. The van der Waals surface area contributed by atoms with Gasteiger partial charge in [-0.1, -0.05) is 11.3 Å². The lowest BCUT2D eigenvalue weighted by Gasteiger charge is -2.42. The van der Waals surface area contributed by atoms with Crippen LogP contribution < -0.4 is 9.62 Å². The first kappa shape index (κ1) is 30.8. The Morgan fingerprint density at radius 2 is 1.95 bits per heavy atom. The van der Waals surface area contributed by atoms with Gasteiger partial charge < -0.3 is 14.7 Å². The zero-order valence-electron chi connectivity index (χ0n) is 23.1. The van der Waals surface area contributed by atoms with Gasteiger partial charge in [-0.2, -0.15) is 28.3 Å². The molecule has 2 aliphatic rings. The van der Waals surface area contributed by atoms with Crippen molar-refractivity contribution < 1.29 is 35.2 Å². The Hall–Kier alpha value is -3.63. The Kier molecular flexibility index (Phi) is 7.75. The fraction of sp³-hybridized carbons (Fsp3) is 0.542. The first-order valence-corrected chi connectivity index (χ1v) is 15.3. The third-order valence-electron chi connectivity index (χ3n) is 7.16. The molecule has 0 unspecified atom stereocenters. The maximum absolute atomic E-state index is 13.8. The molecule has 19 heteroatoms. The minimum absolute atomic E-state index is 0.0741. The number of nitrogens with zero attached hydrogens (tertiary/aromatic N) is 8. The minimum Gasteiger partial charge on any atom is -0.366 e. The van der Waals surface area contributed by atoms with Gasteiger partial charge in [0.15, 0.2) is 10.0 Å². The molecule has 0 spiro atoms. The lowest BCUT2D eigenvalue weighted by atomic mass is 10.1. The van der Waals surface area contributed by atoms with Gasteiger partial charge in [0.25, 0.3) is 6.43 Å². The zero-order chi connectivity index (χ0) is 31.5. The largest absolute Gasteiger partial charge is 0.408 e. The van der Waals surface area contributed by atoms with Crippen molar-refractivity contribution >= 4 is 44.0 Å². The summed E-state index contributed by atoms with van der Waals surface area (Å²) in [6.45, 7) is 0.643. The van der Waals surface area contributed by atoms with Crippen LogP contribution in [-0.4, -0.2) is 95.7 Å². The van der Waals surface area contributed by atoms with E-state index in [-0.39, 0.29) is 70.7 Å². The van der Waals surface area contributed by atoms with E-state index in [9.17, 15) is 40.4 Å². The Bertz CT molecular complexity index is 1710. The van der Waals surface area contributed by atoms with Crippen LogP contribution in [0, 0.1) is 11.3 Å². The average Bonchev–Trinajstić information content (AvgIpc) is 3.34. The third-order valence-corrected chi connectivity index (χ3v) is 9.61. The number of anilines is 1. The third kappa shape index (κ3) is 6.08. The number of alkyl halides is 5. The van der Waals surface area contributed by atoms with E-state index in [1.165, 1.54) is 11.0 Å². The van der Waals surface area contributed by atoms with Crippen molar-refractivity contribution in [1.29, 1.82) is 5.26 Å². The standard InChI is InChI=1S/C24H26F5N9O3S2/c1-13-10-36(6-7-37(13)22(39)35(2)3)16-9-14(43(40,41)34-23(11-30)4-5-23)8-15-17(20-31-32-21(42-20)19(25)26)33-38(18(15)16)12-24(27,28)29/h8-9,13,19,34H,4-7,10,12H2,1-3H3/t13-/m1/s1. The van der Waals surface area contributed by atoms with Crippen LogP contribution in [0.1, 0.15) is 31.2 Å². The molecule has 0 radical (unpaired) electrons. The first-order chi connectivity index (χ1) is 20.0. The molecule has 2 fully saturated rings. The molecule has 1 saturated carbocycles. The lowest BCUT2D eigenvalue weighted by molar-refractivity contribution is -0.141. The Morgan fingerprint density at radius 1 is 1.26 bits per heavy atom. The van der Waals surface area contributed by atoms with Crippen molar-refractivity contribution in [2.45, 2.75) is 55.4 Å². The van der Waals surface area contributed by atoms with Crippen LogP contribution in [0.4, 0.5) is 32.4 Å². The molecule has 3 heterocycles. The van der Waals surface area contributed by atoms with Crippen molar-refractivity contribution in [3.05, 3.63) is 17.1 Å². The molecule has 1 aromatic carbocycles. The highest BCUT2D eigenvalue weighted by Gasteiger charge is 2.47. The van der Waals surface area contributed by atoms with E-state index in [1.54, 1.807) is 30.8 Å². The van der Waals surface area contributed by atoms with Crippen LogP contribution in [0.15, 0.2) is 17.0 Å². The Morgan fingerprint density at radius 3 is 2.49 bits per heavy atom. The number of hydrogen-bond acceptors (Lipinski definition) is 9. The van der Waals surface area contributed by atoms with Crippen LogP contribution in [0.2, 0.25) is 0 Å². The number of piperazine rings is 1. The van der Waals surface area contributed by atoms with Gasteiger partial charge in [-0.3, -0.25) is 4.68 Å². The number of rotatable bonds is 7. The van der Waals surface area contributed by atoms with E-state index >= 15 is 0 Å². The number of benzene rings is 1. The van der Waals surface area contributed by atoms with E-state index in [2.05, 4.69) is 20.0 Å². The van der Waals surface area contributed by atoms with Gasteiger partial charge in [0.05, 0.1) is 22.2 Å². The molecular weight excluding hydrogens is 621 g/mol. The number of carbonyl (C=O) groups excluding carboxylic acids is 1. The van der Waals surface area contributed by atoms with Gasteiger partial charge in [-0.25, -0.2) is 22.0 Å². The summed E-state index contributed by atoms with van der Waals surface area (Å²) in [5, 5.41) is 19.7. The Balaban J connectivity index is 1.71. The number of nitrogens with one attached hydrogen (secondary N) is 1. The van der Waals surface area contributed by atoms with Crippen LogP contribution in [-0.2, 0) is 16.6 Å². The molecular formula is C24H26F5N9O3S2. The fourth-order valence-corrected chi connectivity index (χ4v) is 7.04. The van der Waals surface area contributed by atoms with E-state index < -0.39 is 45.8 Å². The van der Waals surface area contributed by atoms with Crippen LogP contribution in [0.5, 0.6) is 0 Å². The molecule has 1 atom stereocenters. The van der Waals surface area contributed by atoms with E-state index in [1.807, 2.05) is 6.07 Å². The lowest BCUT2D eigenvalue weighted by Crippen LogP contribution is -2.56. The summed E-state index contributed by atoms with van der Waals surface area (Å²) in [6.07, 6.45) is -7.17. The van der Waals surface area contributed by atoms with Gasteiger partial charge in [0, 0.05) is 45.2 Å². The highest BCUT2D eigenvalue weighted by Crippen LogP contribution is 2.41. The summed E-state index contributed by atoms with van der Waals surface area (Å²) in [7, 11) is -1.21. The molecule has 5 rings (SSSR count). The number of sulfonamides is 1. The summed E-state index contributed by atoms with van der Waals surface area (Å²) in [5.41, 5.74) is -1.57. The summed E-state index contributed by atoms with van der Waals surface area (Å²) in [5.74, 6) is 0. The number of amides is 2. The van der Waals surface area contributed by atoms with E-state index in [0.717, 1.165) is 6.07 Å². The van der Waals surface area contributed by atoms with Gasteiger partial charge in [0.1, 0.15) is 17.8 Å². The molecule has 2 amide bonds.